The summed E-state index contributed by atoms with van der Waals surface area (Å²) in [5, 5.41) is 9.55. The van der Waals surface area contributed by atoms with Crippen molar-refractivity contribution in [3.8, 4) is 0 Å². The van der Waals surface area contributed by atoms with E-state index in [1.54, 1.807) is 0 Å². The topological polar surface area (TPSA) is 24.1 Å². The molecule has 0 aromatic heterocycles. The van der Waals surface area contributed by atoms with Gasteiger partial charge in [-0.15, -0.1) is 0 Å². The van der Waals surface area contributed by atoms with Crippen LogP contribution in [0, 0.1) is 0 Å². The molecule has 0 fully saturated rings. The number of hydrogen-bond donors (Lipinski definition) is 2. The Labute approximate surface area is 122 Å². The normalized spacial score (nSPS) is 10.7. The van der Waals surface area contributed by atoms with Crippen molar-refractivity contribution in [3.05, 3.63) is 36.4 Å². The van der Waals surface area contributed by atoms with Crippen LogP contribution < -0.4 is 10.6 Å². The van der Waals surface area contributed by atoms with Crippen molar-refractivity contribution in [1.82, 2.24) is 0 Å². The van der Waals surface area contributed by atoms with Crippen LogP contribution in [-0.4, -0.2) is 13.1 Å². The molecule has 0 bridgehead atoms. The Kier molecular flexibility index (Phi) is 5.72. The van der Waals surface area contributed by atoms with Crippen LogP contribution in [0.5, 0.6) is 0 Å². The third kappa shape index (κ3) is 4.16. The van der Waals surface area contributed by atoms with Gasteiger partial charge >= 0.3 is 0 Å². The summed E-state index contributed by atoms with van der Waals surface area (Å²) < 4.78 is 0. The molecule has 0 spiro atoms. The minimum absolute atomic E-state index is 1.05. The fourth-order valence-corrected chi connectivity index (χ4v) is 2.28. The molecule has 0 saturated carbocycles. The van der Waals surface area contributed by atoms with Gasteiger partial charge in [0.2, 0.25) is 0 Å². The fraction of sp³-hybridized carbons (Fsp3) is 0.444. The Morgan fingerprint density at radius 1 is 0.700 bits per heavy atom. The second-order valence-corrected chi connectivity index (χ2v) is 5.34. The lowest BCUT2D eigenvalue weighted by Gasteiger charge is -2.09. The second kappa shape index (κ2) is 7.78. The molecule has 0 saturated heterocycles. The Balaban J connectivity index is 2.04. The van der Waals surface area contributed by atoms with Crippen molar-refractivity contribution in [1.29, 1.82) is 0 Å². The molecule has 0 atom stereocenters. The first kappa shape index (κ1) is 14.7. The van der Waals surface area contributed by atoms with Crippen molar-refractivity contribution in [2.45, 2.75) is 39.5 Å². The van der Waals surface area contributed by atoms with Gasteiger partial charge in [0, 0.05) is 24.5 Å². The van der Waals surface area contributed by atoms with Crippen LogP contribution in [0.1, 0.15) is 39.5 Å². The summed E-state index contributed by atoms with van der Waals surface area (Å²) in [5.41, 5.74) is 2.44. The molecule has 2 nitrogen and oxygen atoms in total. The lowest BCUT2D eigenvalue weighted by molar-refractivity contribution is 0.834. The quantitative estimate of drug-likeness (QED) is 0.639. The zero-order valence-corrected chi connectivity index (χ0v) is 12.7. The highest BCUT2D eigenvalue weighted by Gasteiger charge is 1.98. The van der Waals surface area contributed by atoms with E-state index in [1.807, 2.05) is 0 Å². The number of fused-ring (bicyclic) bond motifs is 1. The molecule has 2 heteroatoms. The first-order chi connectivity index (χ1) is 9.83. The average Bonchev–Trinajstić information content (AvgIpc) is 2.48. The molecule has 0 aliphatic heterocycles. The van der Waals surface area contributed by atoms with Crippen molar-refractivity contribution in [2.24, 2.45) is 0 Å². The molecular weight excluding hydrogens is 244 g/mol. The van der Waals surface area contributed by atoms with Gasteiger partial charge in [-0.1, -0.05) is 38.8 Å². The monoisotopic (exact) mass is 270 g/mol. The molecule has 0 amide bonds. The van der Waals surface area contributed by atoms with Gasteiger partial charge in [0.15, 0.2) is 0 Å². The van der Waals surface area contributed by atoms with Gasteiger partial charge in [0.05, 0.1) is 0 Å². The highest BCUT2D eigenvalue weighted by Crippen LogP contribution is 2.22. The lowest BCUT2D eigenvalue weighted by Crippen LogP contribution is -2.01. The molecule has 108 valence electrons. The summed E-state index contributed by atoms with van der Waals surface area (Å²) in [6, 6.07) is 13.2. The maximum atomic E-state index is 3.48. The van der Waals surface area contributed by atoms with Crippen LogP contribution in [0.15, 0.2) is 36.4 Å². The van der Waals surface area contributed by atoms with Crippen LogP contribution in [0.3, 0.4) is 0 Å². The van der Waals surface area contributed by atoms with Gasteiger partial charge in [-0.3, -0.25) is 0 Å². The minimum atomic E-state index is 1.05. The summed E-state index contributed by atoms with van der Waals surface area (Å²) in [6.45, 7) is 6.54. The minimum Gasteiger partial charge on any atom is -0.385 e. The fourth-order valence-electron chi connectivity index (χ4n) is 2.28. The summed E-state index contributed by atoms with van der Waals surface area (Å²) in [6.07, 6.45) is 4.90. The second-order valence-electron chi connectivity index (χ2n) is 5.34. The van der Waals surface area contributed by atoms with E-state index >= 15 is 0 Å². The Bertz CT molecular complexity index is 485. The lowest BCUT2D eigenvalue weighted by atomic mass is 10.1. The number of hydrogen-bond acceptors (Lipinski definition) is 2. The summed E-state index contributed by atoms with van der Waals surface area (Å²) in [4.78, 5) is 0. The standard InChI is InChI=1S/C18H26N2/c1-3-5-11-19-17-9-7-16-14-18(20-12-6-4-2)10-8-15(16)13-17/h7-10,13-14,19-20H,3-6,11-12H2,1-2H3. The maximum absolute atomic E-state index is 3.48. The molecule has 0 aliphatic rings. The Hall–Kier alpha value is -1.70. The molecule has 0 heterocycles. The van der Waals surface area contributed by atoms with E-state index in [-0.39, 0.29) is 0 Å². The van der Waals surface area contributed by atoms with Crippen molar-refractivity contribution < 1.29 is 0 Å². The van der Waals surface area contributed by atoms with Gasteiger partial charge in [-0.05, 0) is 47.9 Å². The molecule has 20 heavy (non-hydrogen) atoms. The predicted octanol–water partition coefficient (Wildman–Crippen LogP) is 5.26. The predicted molar refractivity (Wildman–Crippen MR) is 90.7 cm³/mol. The number of anilines is 2. The summed E-state index contributed by atoms with van der Waals surface area (Å²) in [7, 11) is 0. The smallest absolute Gasteiger partial charge is 0.0346 e. The van der Waals surface area contributed by atoms with E-state index in [4.69, 9.17) is 0 Å². The van der Waals surface area contributed by atoms with E-state index in [0.29, 0.717) is 0 Å². The molecule has 2 aromatic rings. The maximum Gasteiger partial charge on any atom is 0.0346 e. The van der Waals surface area contributed by atoms with Gasteiger partial charge in [-0.25, -0.2) is 0 Å². The summed E-state index contributed by atoms with van der Waals surface area (Å²) >= 11 is 0. The van der Waals surface area contributed by atoms with E-state index in [0.717, 1.165) is 13.1 Å². The third-order valence-electron chi connectivity index (χ3n) is 3.56. The zero-order chi connectivity index (χ0) is 14.2. The van der Waals surface area contributed by atoms with Crippen LogP contribution in [-0.2, 0) is 0 Å². The van der Waals surface area contributed by atoms with Gasteiger partial charge < -0.3 is 10.6 Å². The highest BCUT2D eigenvalue weighted by atomic mass is 14.9. The van der Waals surface area contributed by atoms with Crippen LogP contribution >= 0.6 is 0 Å². The van der Waals surface area contributed by atoms with Crippen molar-refractivity contribution in [3.63, 3.8) is 0 Å². The first-order valence-electron chi connectivity index (χ1n) is 7.85. The number of unbranched alkanes of at least 4 members (excludes halogenated alkanes) is 2. The first-order valence-corrected chi connectivity index (χ1v) is 7.85. The van der Waals surface area contributed by atoms with Crippen LogP contribution in [0.2, 0.25) is 0 Å². The van der Waals surface area contributed by atoms with E-state index in [9.17, 15) is 0 Å². The SMILES string of the molecule is CCCCNc1ccc2cc(NCCCC)ccc2c1. The molecule has 0 radical (unpaired) electrons. The Morgan fingerprint density at radius 3 is 1.55 bits per heavy atom. The highest BCUT2D eigenvalue weighted by molar-refractivity contribution is 5.88. The summed E-state index contributed by atoms with van der Waals surface area (Å²) in [5.74, 6) is 0. The molecule has 2 aromatic carbocycles. The molecule has 2 rings (SSSR count). The number of benzene rings is 2. The third-order valence-corrected chi connectivity index (χ3v) is 3.56. The van der Waals surface area contributed by atoms with Crippen molar-refractivity contribution >= 4 is 22.1 Å². The van der Waals surface area contributed by atoms with Crippen LogP contribution in [0.4, 0.5) is 11.4 Å². The zero-order valence-electron chi connectivity index (χ0n) is 12.7. The van der Waals surface area contributed by atoms with Crippen LogP contribution in [0.25, 0.3) is 10.8 Å². The molecular formula is C18H26N2. The number of nitrogens with one attached hydrogen (secondary N) is 2. The van der Waals surface area contributed by atoms with E-state index in [2.05, 4.69) is 60.9 Å². The van der Waals surface area contributed by atoms with Gasteiger partial charge in [0.1, 0.15) is 0 Å². The molecule has 0 unspecified atom stereocenters. The number of rotatable bonds is 8. The van der Waals surface area contributed by atoms with E-state index < -0.39 is 0 Å². The van der Waals surface area contributed by atoms with Gasteiger partial charge in [0.25, 0.3) is 0 Å². The largest absolute Gasteiger partial charge is 0.385 e. The Morgan fingerprint density at radius 2 is 1.15 bits per heavy atom. The van der Waals surface area contributed by atoms with E-state index in [1.165, 1.54) is 47.8 Å². The molecule has 0 aliphatic carbocycles. The molecule has 2 N–H and O–H groups in total. The average molecular weight is 270 g/mol. The van der Waals surface area contributed by atoms with Crippen molar-refractivity contribution in [2.75, 3.05) is 23.7 Å². The van der Waals surface area contributed by atoms with Gasteiger partial charge in [-0.2, -0.15) is 0 Å².